The molecule has 0 aromatic heterocycles. The predicted molar refractivity (Wildman–Crippen MR) is 88.2 cm³/mol. The second-order valence-electron chi connectivity index (χ2n) is 6.20. The van der Waals surface area contributed by atoms with E-state index in [1.807, 2.05) is 18.0 Å². The number of urea groups is 1. The lowest BCUT2D eigenvalue weighted by Gasteiger charge is -2.42. The summed E-state index contributed by atoms with van der Waals surface area (Å²) in [5.74, 6) is 0. The molecule has 1 saturated carbocycles. The number of nitrogens with zero attached hydrogens (tertiary/aromatic N) is 2. The van der Waals surface area contributed by atoms with Gasteiger partial charge in [0.1, 0.15) is 0 Å². The van der Waals surface area contributed by atoms with Crippen molar-refractivity contribution in [1.29, 1.82) is 0 Å². The molecule has 1 unspecified atom stereocenters. The van der Waals surface area contributed by atoms with Gasteiger partial charge in [0.2, 0.25) is 0 Å². The molecule has 2 aliphatic rings. The van der Waals surface area contributed by atoms with Crippen molar-refractivity contribution in [2.24, 2.45) is 0 Å². The SMILES string of the molecule is CN(C(=O)N1CCCCC1c1ccccc1Br)C1CCC1. The zero-order valence-electron chi connectivity index (χ0n) is 12.6. The quantitative estimate of drug-likeness (QED) is 0.765. The van der Waals surface area contributed by atoms with Gasteiger partial charge in [0.25, 0.3) is 0 Å². The summed E-state index contributed by atoms with van der Waals surface area (Å²) in [6.45, 7) is 0.877. The highest BCUT2D eigenvalue weighted by Crippen LogP contribution is 2.36. The Morgan fingerprint density at radius 1 is 1.19 bits per heavy atom. The predicted octanol–water partition coefficient (Wildman–Crippen LogP) is 4.58. The van der Waals surface area contributed by atoms with Crippen LogP contribution < -0.4 is 0 Å². The minimum Gasteiger partial charge on any atom is -0.325 e. The van der Waals surface area contributed by atoms with Crippen LogP contribution in [0.1, 0.15) is 50.1 Å². The van der Waals surface area contributed by atoms with Gasteiger partial charge in [-0.2, -0.15) is 0 Å². The third kappa shape index (κ3) is 2.96. The van der Waals surface area contributed by atoms with Gasteiger partial charge in [-0.05, 0) is 50.2 Å². The second kappa shape index (κ2) is 6.39. The number of carbonyl (C=O) groups is 1. The van der Waals surface area contributed by atoms with Crippen LogP contribution >= 0.6 is 15.9 Å². The highest BCUT2D eigenvalue weighted by molar-refractivity contribution is 9.10. The van der Waals surface area contributed by atoms with Gasteiger partial charge in [-0.3, -0.25) is 0 Å². The van der Waals surface area contributed by atoms with Crippen LogP contribution in [0, 0.1) is 0 Å². The Kier molecular flexibility index (Phi) is 4.53. The number of piperidine rings is 1. The summed E-state index contributed by atoms with van der Waals surface area (Å²) in [5, 5.41) is 0. The smallest absolute Gasteiger partial charge is 0.320 e. The van der Waals surface area contributed by atoms with E-state index >= 15 is 0 Å². The number of amides is 2. The maximum absolute atomic E-state index is 12.9. The van der Waals surface area contributed by atoms with Gasteiger partial charge in [0.05, 0.1) is 6.04 Å². The van der Waals surface area contributed by atoms with E-state index in [2.05, 4.69) is 39.0 Å². The number of rotatable bonds is 2. The summed E-state index contributed by atoms with van der Waals surface area (Å²) in [7, 11) is 1.97. The van der Waals surface area contributed by atoms with Crippen LogP contribution in [-0.4, -0.2) is 35.5 Å². The molecule has 4 heteroatoms. The molecule has 1 aromatic rings. The average molecular weight is 351 g/mol. The van der Waals surface area contributed by atoms with Crippen molar-refractivity contribution in [3.8, 4) is 0 Å². The number of hydrogen-bond donors (Lipinski definition) is 0. The maximum atomic E-state index is 12.9. The van der Waals surface area contributed by atoms with E-state index in [-0.39, 0.29) is 12.1 Å². The Morgan fingerprint density at radius 2 is 1.95 bits per heavy atom. The van der Waals surface area contributed by atoms with E-state index in [0.717, 1.165) is 36.7 Å². The Hall–Kier alpha value is -1.03. The fourth-order valence-electron chi connectivity index (χ4n) is 3.36. The third-order valence-corrected chi connectivity index (χ3v) is 5.66. The fourth-order valence-corrected chi connectivity index (χ4v) is 3.91. The molecule has 3 nitrogen and oxygen atoms in total. The van der Waals surface area contributed by atoms with Crippen molar-refractivity contribution < 1.29 is 4.79 Å². The van der Waals surface area contributed by atoms with Crippen molar-refractivity contribution in [2.75, 3.05) is 13.6 Å². The molecular weight excluding hydrogens is 328 g/mol. The highest BCUT2D eigenvalue weighted by Gasteiger charge is 2.34. The molecule has 1 saturated heterocycles. The number of likely N-dealkylation sites (tertiary alicyclic amines) is 1. The van der Waals surface area contributed by atoms with Gasteiger partial charge in [-0.15, -0.1) is 0 Å². The molecule has 1 aromatic carbocycles. The fraction of sp³-hybridized carbons (Fsp3) is 0.588. The Labute approximate surface area is 135 Å². The van der Waals surface area contributed by atoms with Crippen molar-refractivity contribution in [1.82, 2.24) is 9.80 Å². The molecule has 114 valence electrons. The average Bonchev–Trinajstić information content (AvgIpc) is 2.45. The van der Waals surface area contributed by atoms with Crippen LogP contribution in [0.5, 0.6) is 0 Å². The molecule has 0 bridgehead atoms. The molecule has 0 radical (unpaired) electrons. The van der Waals surface area contributed by atoms with Gasteiger partial charge >= 0.3 is 6.03 Å². The Morgan fingerprint density at radius 3 is 2.62 bits per heavy atom. The summed E-state index contributed by atoms with van der Waals surface area (Å²) < 4.78 is 1.11. The second-order valence-corrected chi connectivity index (χ2v) is 7.06. The molecule has 0 spiro atoms. The van der Waals surface area contributed by atoms with Gasteiger partial charge in [0, 0.05) is 24.1 Å². The zero-order valence-corrected chi connectivity index (χ0v) is 14.2. The van der Waals surface area contributed by atoms with E-state index in [9.17, 15) is 4.79 Å². The Bertz CT molecular complexity index is 515. The number of benzene rings is 1. The van der Waals surface area contributed by atoms with E-state index in [1.54, 1.807) is 0 Å². The first kappa shape index (κ1) is 14.9. The molecular formula is C17H23BrN2O. The molecule has 2 fully saturated rings. The topological polar surface area (TPSA) is 23.6 Å². The molecule has 1 atom stereocenters. The minimum atomic E-state index is 0.208. The van der Waals surface area contributed by atoms with Crippen LogP contribution in [0.25, 0.3) is 0 Å². The number of carbonyl (C=O) groups excluding carboxylic acids is 1. The molecule has 0 N–H and O–H groups in total. The van der Waals surface area contributed by atoms with Gasteiger partial charge in [0.15, 0.2) is 0 Å². The zero-order chi connectivity index (χ0) is 14.8. The highest BCUT2D eigenvalue weighted by atomic mass is 79.9. The van der Waals surface area contributed by atoms with Crippen LogP contribution in [0.2, 0.25) is 0 Å². The van der Waals surface area contributed by atoms with Crippen molar-refractivity contribution in [3.05, 3.63) is 34.3 Å². The summed E-state index contributed by atoms with van der Waals surface area (Å²) in [5.41, 5.74) is 1.24. The maximum Gasteiger partial charge on any atom is 0.320 e. The molecule has 3 rings (SSSR count). The lowest BCUT2D eigenvalue weighted by molar-refractivity contribution is 0.0936. The van der Waals surface area contributed by atoms with Crippen molar-refractivity contribution >= 4 is 22.0 Å². The van der Waals surface area contributed by atoms with Crippen LogP contribution in [0.4, 0.5) is 4.79 Å². The lowest BCUT2D eigenvalue weighted by atomic mass is 9.91. The van der Waals surface area contributed by atoms with Crippen molar-refractivity contribution in [3.63, 3.8) is 0 Å². The number of halogens is 1. The van der Waals surface area contributed by atoms with E-state index in [1.165, 1.54) is 18.4 Å². The first-order valence-electron chi connectivity index (χ1n) is 7.96. The lowest BCUT2D eigenvalue weighted by Crippen LogP contribution is -2.50. The van der Waals surface area contributed by atoms with Crippen LogP contribution in [0.15, 0.2) is 28.7 Å². The molecule has 21 heavy (non-hydrogen) atoms. The summed E-state index contributed by atoms with van der Waals surface area (Å²) >= 11 is 3.65. The van der Waals surface area contributed by atoms with Crippen LogP contribution in [0.3, 0.4) is 0 Å². The van der Waals surface area contributed by atoms with Gasteiger partial charge in [-0.25, -0.2) is 4.79 Å². The van der Waals surface area contributed by atoms with E-state index in [4.69, 9.17) is 0 Å². The molecule has 1 aliphatic carbocycles. The molecule has 2 amide bonds. The monoisotopic (exact) mass is 350 g/mol. The summed E-state index contributed by atoms with van der Waals surface area (Å²) in [4.78, 5) is 16.9. The van der Waals surface area contributed by atoms with Crippen molar-refractivity contribution in [2.45, 2.75) is 50.6 Å². The third-order valence-electron chi connectivity index (χ3n) is 4.94. The normalized spacial score (nSPS) is 22.8. The first-order chi connectivity index (χ1) is 10.2. The first-order valence-corrected chi connectivity index (χ1v) is 8.75. The standard InChI is InChI=1S/C17H23BrN2O/c1-19(13-7-6-8-13)17(21)20-12-5-4-11-16(20)14-9-2-3-10-15(14)18/h2-3,9-10,13,16H,4-8,11-12H2,1H3. The summed E-state index contributed by atoms with van der Waals surface area (Å²) in [6, 6.07) is 9.19. The number of hydrogen-bond acceptors (Lipinski definition) is 1. The largest absolute Gasteiger partial charge is 0.325 e. The van der Waals surface area contributed by atoms with Gasteiger partial charge in [-0.1, -0.05) is 34.1 Å². The van der Waals surface area contributed by atoms with Gasteiger partial charge < -0.3 is 9.80 Å². The summed E-state index contributed by atoms with van der Waals surface area (Å²) in [6.07, 6.45) is 6.96. The minimum absolute atomic E-state index is 0.208. The van der Waals surface area contributed by atoms with E-state index < -0.39 is 0 Å². The Balaban J connectivity index is 1.81. The molecule has 1 heterocycles. The van der Waals surface area contributed by atoms with E-state index in [0.29, 0.717) is 6.04 Å². The van der Waals surface area contributed by atoms with Crippen LogP contribution in [-0.2, 0) is 0 Å². The molecule has 1 aliphatic heterocycles.